The number of benzene rings is 2. The third kappa shape index (κ3) is 4.37. The fraction of sp³-hybridized carbons (Fsp3) is 0.208. The summed E-state index contributed by atoms with van der Waals surface area (Å²) in [5.74, 6) is -0.435. The van der Waals surface area contributed by atoms with E-state index < -0.39 is 23.8 Å². The van der Waals surface area contributed by atoms with Crippen LogP contribution in [0.3, 0.4) is 0 Å². The Balaban J connectivity index is 1.52. The maximum Gasteiger partial charge on any atom is 0.280 e. The number of amides is 1. The highest BCUT2D eigenvalue weighted by atomic mass is 35.5. The molecule has 35 heavy (non-hydrogen) atoms. The van der Waals surface area contributed by atoms with Crippen molar-refractivity contribution in [3.63, 3.8) is 0 Å². The molecule has 11 heteroatoms. The first kappa shape index (κ1) is 23.0. The van der Waals surface area contributed by atoms with Crippen LogP contribution in [0.15, 0.2) is 42.6 Å². The lowest BCUT2D eigenvalue weighted by atomic mass is 9.98. The summed E-state index contributed by atoms with van der Waals surface area (Å²) in [6, 6.07) is 8.40. The molecule has 5 rings (SSSR count). The minimum absolute atomic E-state index is 0.0687. The molecule has 4 aromatic rings. The average Bonchev–Trinajstić information content (AvgIpc) is 3.35. The number of nitrogens with one attached hydrogen (secondary N) is 3. The highest BCUT2D eigenvalue weighted by Crippen LogP contribution is 2.42. The highest BCUT2D eigenvalue weighted by Gasteiger charge is 2.36. The van der Waals surface area contributed by atoms with Crippen molar-refractivity contribution in [2.75, 3.05) is 10.6 Å². The van der Waals surface area contributed by atoms with E-state index in [1.54, 1.807) is 12.1 Å². The summed E-state index contributed by atoms with van der Waals surface area (Å²) >= 11 is 6.12. The smallest absolute Gasteiger partial charge is 0.280 e. The number of nitrogens with zero attached hydrogens (tertiary/aromatic N) is 2. The number of H-pyrrole nitrogens is 1. The second kappa shape index (κ2) is 8.46. The summed E-state index contributed by atoms with van der Waals surface area (Å²) < 4.78 is 45.9. The van der Waals surface area contributed by atoms with E-state index in [0.29, 0.717) is 28.8 Å². The second-order valence-electron chi connectivity index (χ2n) is 8.70. The Hall–Kier alpha value is -3.79. The Labute approximate surface area is 202 Å². The molecular formula is C24H19ClF3N5O2. The monoisotopic (exact) mass is 501 g/mol. The van der Waals surface area contributed by atoms with Crippen molar-refractivity contribution in [2.45, 2.75) is 32.3 Å². The fourth-order valence-corrected chi connectivity index (χ4v) is 4.20. The van der Waals surface area contributed by atoms with Gasteiger partial charge >= 0.3 is 0 Å². The third-order valence-corrected chi connectivity index (χ3v) is 5.84. The van der Waals surface area contributed by atoms with Gasteiger partial charge in [0.1, 0.15) is 22.9 Å². The van der Waals surface area contributed by atoms with Gasteiger partial charge in [0, 0.05) is 12.0 Å². The molecular weight excluding hydrogens is 483 g/mol. The molecule has 0 spiro atoms. The van der Waals surface area contributed by atoms with Crippen LogP contribution in [-0.4, -0.2) is 26.5 Å². The van der Waals surface area contributed by atoms with Gasteiger partial charge in [0.25, 0.3) is 12.3 Å². The third-order valence-electron chi connectivity index (χ3n) is 5.52. The van der Waals surface area contributed by atoms with Crippen molar-refractivity contribution < 1.29 is 22.7 Å². The van der Waals surface area contributed by atoms with Gasteiger partial charge in [-0.05, 0) is 44.2 Å². The number of pyridine rings is 1. The lowest BCUT2D eigenvalue weighted by Crippen LogP contribution is -2.25. The van der Waals surface area contributed by atoms with E-state index in [1.165, 1.54) is 24.4 Å². The van der Waals surface area contributed by atoms with Crippen LogP contribution in [0.1, 0.15) is 41.9 Å². The van der Waals surface area contributed by atoms with E-state index in [-0.39, 0.29) is 33.6 Å². The number of alkyl halides is 2. The first-order valence-corrected chi connectivity index (χ1v) is 11.0. The fourth-order valence-electron chi connectivity index (χ4n) is 3.99. The number of para-hydroxylation sites is 1. The maximum absolute atomic E-state index is 14.3. The number of aromatic nitrogens is 3. The molecule has 1 amide bonds. The van der Waals surface area contributed by atoms with E-state index in [1.807, 2.05) is 13.8 Å². The Morgan fingerprint density at radius 3 is 2.74 bits per heavy atom. The molecule has 3 N–H and O–H groups in total. The van der Waals surface area contributed by atoms with E-state index in [9.17, 15) is 18.0 Å². The summed E-state index contributed by atoms with van der Waals surface area (Å²) in [7, 11) is 0. The molecule has 0 unspecified atom stereocenters. The lowest BCUT2D eigenvalue weighted by molar-refractivity contribution is 0.101. The number of imidazole rings is 1. The maximum atomic E-state index is 14.3. The van der Waals surface area contributed by atoms with Gasteiger partial charge in [0.2, 0.25) is 5.95 Å². The standard InChI is InChI=1S/C24H19ClF3N5O2/c1-24(2)9-13-18-17(31-23(32-18)33-19-14(25)4-3-5-15(19)26)8-12(20(13)35-24)22(34)30-11-6-7-16(21(27)28)29-10-11/h3-8,10,21H,9H2,1-2H3,(H,30,34)(H2,31,32,33). The van der Waals surface area contributed by atoms with Crippen molar-refractivity contribution >= 4 is 45.9 Å². The number of anilines is 3. The summed E-state index contributed by atoms with van der Waals surface area (Å²) in [4.78, 5) is 24.4. The molecule has 1 aliphatic rings. The van der Waals surface area contributed by atoms with Gasteiger partial charge in [-0.3, -0.25) is 9.78 Å². The van der Waals surface area contributed by atoms with E-state index >= 15 is 0 Å². The molecule has 2 aromatic heterocycles. The van der Waals surface area contributed by atoms with Gasteiger partial charge in [-0.15, -0.1) is 0 Å². The highest BCUT2D eigenvalue weighted by molar-refractivity contribution is 6.33. The Morgan fingerprint density at radius 2 is 2.06 bits per heavy atom. The number of rotatable bonds is 5. The van der Waals surface area contributed by atoms with Crippen molar-refractivity contribution in [3.8, 4) is 5.75 Å². The van der Waals surface area contributed by atoms with Crippen LogP contribution in [0, 0.1) is 5.82 Å². The van der Waals surface area contributed by atoms with E-state index in [0.717, 1.165) is 6.07 Å². The molecule has 0 saturated carbocycles. The Bertz CT molecular complexity index is 1430. The molecule has 2 aromatic carbocycles. The summed E-state index contributed by atoms with van der Waals surface area (Å²) in [5.41, 5.74) is 1.39. The van der Waals surface area contributed by atoms with Gasteiger partial charge in [-0.1, -0.05) is 17.7 Å². The number of carbonyl (C=O) groups is 1. The molecule has 0 aliphatic carbocycles. The predicted molar refractivity (Wildman–Crippen MR) is 126 cm³/mol. The van der Waals surface area contributed by atoms with Crippen molar-refractivity contribution in [2.24, 2.45) is 0 Å². The SMILES string of the molecule is CC1(C)Cc2c(c(C(=O)Nc3ccc(C(F)F)nc3)cc3[nH]c(Nc4c(F)cccc4Cl)nc23)O1. The number of hydrogen-bond acceptors (Lipinski definition) is 5. The van der Waals surface area contributed by atoms with Gasteiger partial charge in [-0.2, -0.15) is 0 Å². The van der Waals surface area contributed by atoms with Crippen LogP contribution in [0.4, 0.5) is 30.5 Å². The second-order valence-corrected chi connectivity index (χ2v) is 9.11. The number of halogens is 4. The number of carbonyl (C=O) groups excluding carboxylic acids is 1. The summed E-state index contributed by atoms with van der Waals surface area (Å²) in [6.07, 6.45) is -1.06. The van der Waals surface area contributed by atoms with Gasteiger partial charge in [-0.25, -0.2) is 18.2 Å². The molecule has 0 fully saturated rings. The van der Waals surface area contributed by atoms with Crippen LogP contribution in [0.5, 0.6) is 5.75 Å². The van der Waals surface area contributed by atoms with Crippen LogP contribution in [0.25, 0.3) is 11.0 Å². The Kier molecular flexibility index (Phi) is 5.55. The van der Waals surface area contributed by atoms with E-state index in [2.05, 4.69) is 25.6 Å². The molecule has 0 radical (unpaired) electrons. The zero-order valence-electron chi connectivity index (χ0n) is 18.5. The molecule has 7 nitrogen and oxygen atoms in total. The molecule has 0 atom stereocenters. The zero-order chi connectivity index (χ0) is 24.9. The summed E-state index contributed by atoms with van der Waals surface area (Å²) in [5, 5.41) is 5.71. The topological polar surface area (TPSA) is 91.9 Å². The predicted octanol–water partition coefficient (Wildman–Crippen LogP) is 6.40. The number of aromatic amines is 1. The minimum Gasteiger partial charge on any atom is -0.486 e. The largest absolute Gasteiger partial charge is 0.486 e. The lowest BCUT2D eigenvalue weighted by Gasteiger charge is -2.18. The normalized spacial score (nSPS) is 14.1. The van der Waals surface area contributed by atoms with Crippen LogP contribution >= 0.6 is 11.6 Å². The van der Waals surface area contributed by atoms with Gasteiger partial charge in [0.05, 0.1) is 39.2 Å². The molecule has 0 saturated heterocycles. The van der Waals surface area contributed by atoms with Gasteiger partial charge in [0.15, 0.2) is 0 Å². The number of hydrogen-bond donors (Lipinski definition) is 3. The molecule has 180 valence electrons. The van der Waals surface area contributed by atoms with Crippen LogP contribution in [-0.2, 0) is 6.42 Å². The first-order valence-electron chi connectivity index (χ1n) is 10.6. The quantitative estimate of drug-likeness (QED) is 0.294. The number of fused-ring (bicyclic) bond motifs is 3. The van der Waals surface area contributed by atoms with Crippen LogP contribution < -0.4 is 15.4 Å². The van der Waals surface area contributed by atoms with E-state index in [4.69, 9.17) is 16.3 Å². The molecule has 1 aliphatic heterocycles. The van der Waals surface area contributed by atoms with Gasteiger partial charge < -0.3 is 20.4 Å². The molecule has 3 heterocycles. The average molecular weight is 502 g/mol. The van der Waals surface area contributed by atoms with Crippen LogP contribution in [0.2, 0.25) is 5.02 Å². The summed E-state index contributed by atoms with van der Waals surface area (Å²) in [6.45, 7) is 3.77. The van der Waals surface area contributed by atoms with Crippen molar-refractivity contribution in [1.29, 1.82) is 0 Å². The van der Waals surface area contributed by atoms with Crippen molar-refractivity contribution in [1.82, 2.24) is 15.0 Å². The first-order chi connectivity index (χ1) is 16.6. The number of ether oxygens (including phenoxy) is 1. The minimum atomic E-state index is -2.71. The molecule has 0 bridgehead atoms. The Morgan fingerprint density at radius 1 is 1.26 bits per heavy atom. The van der Waals surface area contributed by atoms with Crippen molar-refractivity contribution in [3.05, 3.63) is 70.3 Å². The zero-order valence-corrected chi connectivity index (χ0v) is 19.3.